The second-order valence-corrected chi connectivity index (χ2v) is 8.97. The average molecular weight is 476 g/mol. The van der Waals surface area contributed by atoms with Crippen molar-refractivity contribution in [2.45, 2.75) is 26.3 Å². The third-order valence-corrected chi connectivity index (χ3v) is 6.76. The Hall–Kier alpha value is -4.38. The Kier molecular flexibility index (Phi) is 6.54. The van der Waals surface area contributed by atoms with Crippen molar-refractivity contribution in [1.29, 1.82) is 0 Å². The van der Waals surface area contributed by atoms with Gasteiger partial charge in [-0.3, -0.25) is 4.79 Å². The Morgan fingerprint density at radius 2 is 1.56 bits per heavy atom. The maximum absolute atomic E-state index is 14.0. The van der Waals surface area contributed by atoms with E-state index < -0.39 is 0 Å². The van der Waals surface area contributed by atoms with E-state index in [0.29, 0.717) is 12.0 Å². The van der Waals surface area contributed by atoms with Crippen LogP contribution in [0.5, 0.6) is 5.75 Å². The molecule has 0 radical (unpaired) electrons. The Bertz CT molecular complexity index is 1410. The lowest BCUT2D eigenvalue weighted by Gasteiger charge is -2.24. The minimum atomic E-state index is -0.215. The first-order chi connectivity index (χ1) is 17.5. The Morgan fingerprint density at radius 1 is 0.861 bits per heavy atom. The molecule has 0 saturated heterocycles. The zero-order chi connectivity index (χ0) is 25.1. The van der Waals surface area contributed by atoms with Crippen LogP contribution in [0, 0.1) is 13.8 Å². The van der Waals surface area contributed by atoms with E-state index in [-0.39, 0.29) is 11.9 Å². The van der Waals surface area contributed by atoms with Crippen molar-refractivity contribution in [3.8, 4) is 5.75 Å². The van der Waals surface area contributed by atoms with E-state index in [9.17, 15) is 4.79 Å². The minimum absolute atomic E-state index is 0.143. The molecule has 180 valence electrons. The number of anilines is 2. The summed E-state index contributed by atoms with van der Waals surface area (Å²) in [5, 5.41) is 9.98. The zero-order valence-electron chi connectivity index (χ0n) is 20.7. The molecule has 1 aliphatic heterocycles. The van der Waals surface area contributed by atoms with Crippen LogP contribution in [0.2, 0.25) is 0 Å². The molecule has 5 rings (SSSR count). The molecule has 0 aliphatic carbocycles. The van der Waals surface area contributed by atoms with Gasteiger partial charge in [0.2, 0.25) is 0 Å². The topological polar surface area (TPSA) is 53.9 Å². The molecule has 0 saturated carbocycles. The molecule has 1 aliphatic rings. The monoisotopic (exact) mass is 475 g/mol. The number of aryl methyl sites for hydroxylation is 1. The van der Waals surface area contributed by atoms with Gasteiger partial charge in [-0.15, -0.1) is 0 Å². The fraction of sp³-hybridized carbons (Fsp3) is 0.161. The van der Waals surface area contributed by atoms with E-state index in [2.05, 4.69) is 25.2 Å². The fourth-order valence-corrected chi connectivity index (χ4v) is 4.52. The molecule has 0 bridgehead atoms. The van der Waals surface area contributed by atoms with Gasteiger partial charge < -0.3 is 10.1 Å². The smallest absolute Gasteiger partial charge is 0.276 e. The number of carbonyl (C=O) groups excluding carboxylic acids is 1. The van der Waals surface area contributed by atoms with Gasteiger partial charge in [-0.25, -0.2) is 5.01 Å². The van der Waals surface area contributed by atoms with Crippen molar-refractivity contribution >= 4 is 23.0 Å². The average Bonchev–Trinajstić information content (AvgIpc) is 3.37. The molecule has 5 nitrogen and oxygen atoms in total. The number of hydrogen-bond acceptors (Lipinski definition) is 4. The fourth-order valence-electron chi connectivity index (χ4n) is 4.52. The van der Waals surface area contributed by atoms with Crippen molar-refractivity contribution in [1.82, 2.24) is 5.01 Å². The summed E-state index contributed by atoms with van der Waals surface area (Å²) < 4.78 is 5.34. The number of para-hydroxylation sites is 1. The van der Waals surface area contributed by atoms with Gasteiger partial charge in [0.05, 0.1) is 30.1 Å². The van der Waals surface area contributed by atoms with E-state index in [1.807, 2.05) is 91.0 Å². The summed E-state index contributed by atoms with van der Waals surface area (Å²) >= 11 is 0. The van der Waals surface area contributed by atoms with Crippen LogP contribution in [0.1, 0.15) is 45.1 Å². The summed E-state index contributed by atoms with van der Waals surface area (Å²) in [7, 11) is 1.65. The summed E-state index contributed by atoms with van der Waals surface area (Å²) in [5.74, 6) is 0.636. The molecular weight excluding hydrogens is 446 g/mol. The van der Waals surface area contributed by atoms with Crippen LogP contribution in [-0.4, -0.2) is 23.7 Å². The van der Waals surface area contributed by atoms with Crippen LogP contribution in [-0.2, 0) is 0 Å². The van der Waals surface area contributed by atoms with Gasteiger partial charge >= 0.3 is 0 Å². The van der Waals surface area contributed by atoms with E-state index in [4.69, 9.17) is 9.84 Å². The predicted octanol–water partition coefficient (Wildman–Crippen LogP) is 7.05. The first-order valence-electron chi connectivity index (χ1n) is 12.1. The summed E-state index contributed by atoms with van der Waals surface area (Å²) in [6, 6.07) is 31.5. The molecule has 0 aromatic heterocycles. The van der Waals surface area contributed by atoms with Crippen molar-refractivity contribution in [2.75, 3.05) is 12.4 Å². The molecule has 1 unspecified atom stereocenters. The summed E-state index contributed by atoms with van der Waals surface area (Å²) in [4.78, 5) is 14.0. The van der Waals surface area contributed by atoms with Crippen molar-refractivity contribution in [3.05, 3.63) is 125 Å². The summed E-state index contributed by atoms with van der Waals surface area (Å²) in [5.41, 5.74) is 7.60. The number of amides is 1. The first kappa shape index (κ1) is 23.4. The second-order valence-electron chi connectivity index (χ2n) is 8.97. The molecule has 1 heterocycles. The van der Waals surface area contributed by atoms with Crippen LogP contribution in [0.3, 0.4) is 0 Å². The highest BCUT2D eigenvalue weighted by Crippen LogP contribution is 2.36. The van der Waals surface area contributed by atoms with Crippen molar-refractivity contribution < 1.29 is 9.53 Å². The number of benzene rings is 4. The number of hydrazone groups is 1. The molecule has 1 N–H and O–H groups in total. The SMILES string of the molecule is COc1ccc(C2CC(c3ccccc3)=NN2C(=O)c2ccccc2Nc2cccc(C)c2C)cc1. The van der Waals surface area contributed by atoms with Crippen LogP contribution in [0.4, 0.5) is 11.4 Å². The number of nitrogens with one attached hydrogen (secondary N) is 1. The minimum Gasteiger partial charge on any atom is -0.497 e. The highest BCUT2D eigenvalue weighted by Gasteiger charge is 2.34. The highest BCUT2D eigenvalue weighted by molar-refractivity contribution is 6.06. The Balaban J connectivity index is 1.53. The molecule has 4 aromatic carbocycles. The quantitative estimate of drug-likeness (QED) is 0.325. The van der Waals surface area contributed by atoms with Gasteiger partial charge in [0.1, 0.15) is 5.75 Å². The number of hydrogen-bond donors (Lipinski definition) is 1. The van der Waals surface area contributed by atoms with Gasteiger partial charge in [-0.05, 0) is 66.4 Å². The second kappa shape index (κ2) is 10.1. The van der Waals surface area contributed by atoms with Crippen LogP contribution in [0.25, 0.3) is 0 Å². The van der Waals surface area contributed by atoms with Gasteiger partial charge in [0, 0.05) is 12.1 Å². The summed E-state index contributed by atoms with van der Waals surface area (Å²) in [6.07, 6.45) is 0.634. The Labute approximate surface area is 212 Å². The van der Waals surface area contributed by atoms with E-state index in [1.165, 1.54) is 5.56 Å². The number of methoxy groups -OCH3 is 1. The number of carbonyl (C=O) groups is 1. The molecule has 1 atom stereocenters. The molecular formula is C31H29N3O2. The van der Waals surface area contributed by atoms with Gasteiger partial charge in [0.15, 0.2) is 0 Å². The zero-order valence-corrected chi connectivity index (χ0v) is 20.7. The number of nitrogens with zero attached hydrogens (tertiary/aromatic N) is 2. The highest BCUT2D eigenvalue weighted by atomic mass is 16.5. The lowest BCUT2D eigenvalue weighted by Crippen LogP contribution is -2.27. The molecule has 0 spiro atoms. The third kappa shape index (κ3) is 4.60. The van der Waals surface area contributed by atoms with Crippen molar-refractivity contribution in [3.63, 3.8) is 0 Å². The van der Waals surface area contributed by atoms with Crippen LogP contribution >= 0.6 is 0 Å². The molecule has 5 heteroatoms. The normalized spacial score (nSPS) is 14.9. The van der Waals surface area contributed by atoms with E-state index in [1.54, 1.807) is 12.1 Å². The van der Waals surface area contributed by atoms with Crippen LogP contribution in [0.15, 0.2) is 102 Å². The molecule has 1 amide bonds. The maximum Gasteiger partial charge on any atom is 0.276 e. The van der Waals surface area contributed by atoms with Gasteiger partial charge in [-0.1, -0.05) is 66.7 Å². The van der Waals surface area contributed by atoms with Gasteiger partial charge in [-0.2, -0.15) is 5.10 Å². The van der Waals surface area contributed by atoms with E-state index >= 15 is 0 Å². The maximum atomic E-state index is 14.0. The number of ether oxygens (including phenoxy) is 1. The van der Waals surface area contributed by atoms with Gasteiger partial charge in [0.25, 0.3) is 5.91 Å². The van der Waals surface area contributed by atoms with Crippen LogP contribution < -0.4 is 10.1 Å². The molecule has 4 aromatic rings. The number of rotatable bonds is 6. The molecule has 0 fully saturated rings. The first-order valence-corrected chi connectivity index (χ1v) is 12.1. The predicted molar refractivity (Wildman–Crippen MR) is 145 cm³/mol. The standard InChI is InChI=1S/C31H29N3O2/c1-21-10-9-15-27(22(21)2)32-28-14-8-7-13-26(28)31(35)34-30(24-16-18-25(36-3)19-17-24)20-29(33-34)23-11-5-4-6-12-23/h4-19,30,32H,20H2,1-3H3. The lowest BCUT2D eigenvalue weighted by atomic mass is 9.98. The molecule has 36 heavy (non-hydrogen) atoms. The lowest BCUT2D eigenvalue weighted by molar-refractivity contribution is 0.0712. The summed E-state index contributed by atoms with van der Waals surface area (Å²) in [6.45, 7) is 4.17. The Morgan fingerprint density at radius 3 is 2.31 bits per heavy atom. The third-order valence-electron chi connectivity index (χ3n) is 6.76. The van der Waals surface area contributed by atoms with Crippen molar-refractivity contribution in [2.24, 2.45) is 5.10 Å². The van der Waals surface area contributed by atoms with E-state index in [0.717, 1.165) is 39.5 Å². The largest absolute Gasteiger partial charge is 0.497 e.